The molecule has 0 radical (unpaired) electrons. The van der Waals surface area contributed by atoms with Gasteiger partial charge >= 0.3 is 0 Å². The predicted molar refractivity (Wildman–Crippen MR) is 117 cm³/mol. The van der Waals surface area contributed by atoms with Crippen molar-refractivity contribution in [2.24, 2.45) is 0 Å². The van der Waals surface area contributed by atoms with Crippen LogP contribution in [0.4, 0.5) is 5.69 Å². The third-order valence-electron chi connectivity index (χ3n) is 5.51. The van der Waals surface area contributed by atoms with Crippen LogP contribution in [-0.4, -0.2) is 5.78 Å². The number of carbonyl (C=O) groups is 1. The molecule has 28 heavy (non-hydrogen) atoms. The third kappa shape index (κ3) is 2.70. The molecule has 1 aliphatic carbocycles. The van der Waals surface area contributed by atoms with E-state index in [-0.39, 0.29) is 11.0 Å². The van der Waals surface area contributed by atoms with E-state index in [1.807, 2.05) is 30.3 Å². The fraction of sp³-hybridized carbons (Fsp3) is 0.160. The van der Waals surface area contributed by atoms with Crippen LogP contribution in [0.15, 0.2) is 83.3 Å². The first-order valence-electron chi connectivity index (χ1n) is 9.64. The fourth-order valence-electron chi connectivity index (χ4n) is 3.97. The van der Waals surface area contributed by atoms with Gasteiger partial charge in [0.05, 0.1) is 16.6 Å². The molecule has 0 aromatic heterocycles. The van der Waals surface area contributed by atoms with Crippen molar-refractivity contribution in [1.82, 2.24) is 0 Å². The van der Waals surface area contributed by atoms with Crippen LogP contribution in [0.25, 0.3) is 5.70 Å². The quantitative estimate of drug-likeness (QED) is 0.535. The molecule has 0 amide bonds. The van der Waals surface area contributed by atoms with Gasteiger partial charge in [-0.3, -0.25) is 4.79 Å². The normalized spacial score (nSPS) is 17.7. The summed E-state index contributed by atoms with van der Waals surface area (Å²) in [5.74, 6) is 0.627. The number of carbonyl (C=O) groups excluding carboxylic acids is 1. The first-order valence-corrected chi connectivity index (χ1v) is 10.5. The average molecular weight is 384 g/mol. The number of fused-ring (bicyclic) bond motifs is 3. The second kappa shape index (κ2) is 6.68. The van der Waals surface area contributed by atoms with Gasteiger partial charge in [-0.1, -0.05) is 74.5 Å². The van der Waals surface area contributed by atoms with Gasteiger partial charge in [0.25, 0.3) is 0 Å². The summed E-state index contributed by atoms with van der Waals surface area (Å²) in [5, 5.41) is 3.54. The molecule has 2 aliphatic rings. The molecule has 0 spiro atoms. The maximum Gasteiger partial charge on any atom is 0.193 e. The zero-order valence-electron chi connectivity index (χ0n) is 15.9. The molecule has 0 saturated carbocycles. The van der Waals surface area contributed by atoms with Crippen LogP contribution in [0.1, 0.15) is 52.1 Å². The molecule has 5 rings (SSSR count). The Morgan fingerprint density at radius 1 is 0.857 bits per heavy atom. The van der Waals surface area contributed by atoms with Crippen molar-refractivity contribution in [2.45, 2.75) is 29.9 Å². The number of ketones is 1. The number of rotatable bonds is 2. The van der Waals surface area contributed by atoms with E-state index in [0.29, 0.717) is 5.92 Å². The van der Waals surface area contributed by atoms with E-state index in [0.717, 1.165) is 28.1 Å². The minimum atomic E-state index is -0.0349. The van der Waals surface area contributed by atoms with Crippen LogP contribution in [0.2, 0.25) is 0 Å². The van der Waals surface area contributed by atoms with Gasteiger partial charge in [-0.25, -0.2) is 0 Å². The Balaban J connectivity index is 1.69. The zero-order valence-corrected chi connectivity index (χ0v) is 16.7. The van der Waals surface area contributed by atoms with Crippen LogP contribution < -0.4 is 5.32 Å². The lowest BCUT2D eigenvalue weighted by molar-refractivity contribution is 0.103. The Labute approximate surface area is 169 Å². The topological polar surface area (TPSA) is 29.1 Å². The molecule has 1 N–H and O–H groups in total. The Morgan fingerprint density at radius 3 is 2.29 bits per heavy atom. The number of hydrogen-bond acceptors (Lipinski definition) is 3. The monoisotopic (exact) mass is 383 g/mol. The molecule has 1 heterocycles. The lowest BCUT2D eigenvalue weighted by atomic mass is 9.97. The van der Waals surface area contributed by atoms with Gasteiger partial charge in [0.2, 0.25) is 0 Å². The van der Waals surface area contributed by atoms with Gasteiger partial charge in [0.1, 0.15) is 0 Å². The number of hydrogen-bond donors (Lipinski definition) is 1. The van der Waals surface area contributed by atoms with Gasteiger partial charge in [0, 0.05) is 21.6 Å². The zero-order chi connectivity index (χ0) is 19.3. The Hall–Kier alpha value is -2.78. The SMILES string of the molecule is CC(C)c1ccc(C2Sc3ccccc3NC3=C2C(=O)c2ccccc23)cc1. The molecule has 3 heteroatoms. The van der Waals surface area contributed by atoms with E-state index < -0.39 is 0 Å². The lowest BCUT2D eigenvalue weighted by Gasteiger charge is -2.18. The van der Waals surface area contributed by atoms with E-state index in [1.165, 1.54) is 16.0 Å². The molecule has 3 aromatic rings. The number of nitrogens with one attached hydrogen (secondary N) is 1. The summed E-state index contributed by atoms with van der Waals surface area (Å²) in [6.45, 7) is 4.40. The van der Waals surface area contributed by atoms with E-state index in [9.17, 15) is 4.79 Å². The van der Waals surface area contributed by atoms with E-state index in [1.54, 1.807) is 11.8 Å². The lowest BCUT2D eigenvalue weighted by Crippen LogP contribution is -2.07. The van der Waals surface area contributed by atoms with Crippen molar-refractivity contribution < 1.29 is 4.79 Å². The molecule has 3 aromatic carbocycles. The maximum atomic E-state index is 13.4. The van der Waals surface area contributed by atoms with Gasteiger partial charge < -0.3 is 5.32 Å². The molecular formula is C25H21NOS. The van der Waals surface area contributed by atoms with E-state index in [4.69, 9.17) is 0 Å². The Bertz CT molecular complexity index is 1110. The minimum absolute atomic E-state index is 0.0349. The summed E-state index contributed by atoms with van der Waals surface area (Å²) < 4.78 is 0. The van der Waals surface area contributed by atoms with Gasteiger partial charge in [-0.2, -0.15) is 0 Å². The molecule has 0 fully saturated rings. The van der Waals surface area contributed by atoms with Crippen molar-refractivity contribution in [1.29, 1.82) is 0 Å². The predicted octanol–water partition coefficient (Wildman–Crippen LogP) is 6.68. The molecule has 1 atom stereocenters. The highest BCUT2D eigenvalue weighted by molar-refractivity contribution is 8.00. The maximum absolute atomic E-state index is 13.4. The molecule has 138 valence electrons. The van der Waals surface area contributed by atoms with Crippen LogP contribution in [0.5, 0.6) is 0 Å². The summed E-state index contributed by atoms with van der Waals surface area (Å²) in [6, 6.07) is 25.0. The van der Waals surface area contributed by atoms with Crippen LogP contribution in [0, 0.1) is 0 Å². The fourth-order valence-corrected chi connectivity index (χ4v) is 5.26. The third-order valence-corrected chi connectivity index (χ3v) is 6.87. The molecule has 0 bridgehead atoms. The van der Waals surface area contributed by atoms with Crippen molar-refractivity contribution >= 4 is 28.9 Å². The van der Waals surface area contributed by atoms with Crippen LogP contribution in [0.3, 0.4) is 0 Å². The molecular weight excluding hydrogens is 362 g/mol. The van der Waals surface area contributed by atoms with Gasteiger partial charge in [-0.05, 0) is 29.2 Å². The minimum Gasteiger partial charge on any atom is -0.354 e. The number of anilines is 1. The first-order chi connectivity index (χ1) is 13.6. The summed E-state index contributed by atoms with van der Waals surface area (Å²) in [6.07, 6.45) is 0. The van der Waals surface area contributed by atoms with Crippen LogP contribution >= 0.6 is 11.8 Å². The highest BCUT2D eigenvalue weighted by Crippen LogP contribution is 2.52. The summed E-state index contributed by atoms with van der Waals surface area (Å²) in [5.41, 5.74) is 7.16. The van der Waals surface area contributed by atoms with Gasteiger partial charge in [0.15, 0.2) is 5.78 Å². The Morgan fingerprint density at radius 2 is 1.54 bits per heavy atom. The summed E-state index contributed by atoms with van der Waals surface area (Å²) in [7, 11) is 0. The van der Waals surface area contributed by atoms with Crippen molar-refractivity contribution in [3.05, 3.63) is 101 Å². The average Bonchev–Trinajstić information content (AvgIpc) is 2.89. The molecule has 1 aliphatic heterocycles. The highest BCUT2D eigenvalue weighted by Gasteiger charge is 2.37. The summed E-state index contributed by atoms with van der Waals surface area (Å²) >= 11 is 1.75. The van der Waals surface area contributed by atoms with E-state index in [2.05, 4.69) is 61.6 Å². The molecule has 0 saturated heterocycles. The second-order valence-electron chi connectivity index (χ2n) is 7.60. The molecule has 1 unspecified atom stereocenters. The van der Waals surface area contributed by atoms with Crippen molar-refractivity contribution in [3.63, 3.8) is 0 Å². The number of thioether (sulfide) groups is 1. The highest BCUT2D eigenvalue weighted by atomic mass is 32.2. The van der Waals surface area contributed by atoms with Gasteiger partial charge in [-0.15, -0.1) is 11.8 Å². The van der Waals surface area contributed by atoms with Crippen molar-refractivity contribution in [3.8, 4) is 0 Å². The first kappa shape index (κ1) is 17.3. The summed E-state index contributed by atoms with van der Waals surface area (Å²) in [4.78, 5) is 14.5. The molecule has 2 nitrogen and oxygen atoms in total. The Kier molecular flexibility index (Phi) is 4.13. The van der Waals surface area contributed by atoms with Crippen molar-refractivity contribution in [2.75, 3.05) is 5.32 Å². The van der Waals surface area contributed by atoms with Crippen LogP contribution in [-0.2, 0) is 0 Å². The second-order valence-corrected chi connectivity index (χ2v) is 8.75. The largest absolute Gasteiger partial charge is 0.354 e. The van der Waals surface area contributed by atoms with E-state index >= 15 is 0 Å². The smallest absolute Gasteiger partial charge is 0.193 e. The number of benzene rings is 3. The standard InChI is InChI=1S/C25H21NOS/c1-15(2)16-11-13-17(14-12-16)25-22-23(18-7-3-4-8-19(18)24(22)27)26-20-9-5-6-10-21(20)28-25/h3-15,25-26H,1-2H3. The number of Topliss-reactive ketones (excluding diaryl/α,β-unsaturated/α-hetero) is 1. The number of para-hydroxylation sites is 1.